The maximum absolute atomic E-state index is 14.2. The molecule has 0 saturated carbocycles. The van der Waals surface area contributed by atoms with Crippen molar-refractivity contribution in [2.45, 2.75) is 63.0 Å². The lowest BCUT2D eigenvalue weighted by Crippen LogP contribution is -2.42. The first-order valence-electron chi connectivity index (χ1n) is 10.8. The van der Waals surface area contributed by atoms with Gasteiger partial charge in [-0.05, 0) is 60.0 Å². The molecule has 0 N–H and O–H groups in total. The zero-order valence-electron chi connectivity index (χ0n) is 18.1. The Hall–Kier alpha value is -3.04. The molecule has 2 unspecified atom stereocenters. The zero-order valence-corrected chi connectivity index (χ0v) is 18.1. The van der Waals surface area contributed by atoms with Crippen LogP contribution in [0.25, 0.3) is 0 Å². The van der Waals surface area contributed by atoms with Crippen LogP contribution in [0.1, 0.15) is 66.5 Å². The Kier molecular flexibility index (Phi) is 6.12. The number of oxime groups is 1. The van der Waals surface area contributed by atoms with Crippen LogP contribution >= 0.6 is 0 Å². The molecule has 0 spiro atoms. The molecular weight excluding hydrogens is 462 g/mol. The summed E-state index contributed by atoms with van der Waals surface area (Å²) in [5.41, 5.74) is -2.82. The number of halogens is 6. The molecule has 0 radical (unpaired) electrons. The molecule has 34 heavy (non-hydrogen) atoms. The summed E-state index contributed by atoms with van der Waals surface area (Å²) in [6.07, 6.45) is -8.31. The number of hydrogen-bond acceptors (Lipinski definition) is 4. The number of hydrogen-bond donors (Lipinski definition) is 0. The number of rotatable bonds is 5. The van der Waals surface area contributed by atoms with Crippen molar-refractivity contribution < 1.29 is 36.3 Å². The number of benzene rings is 2. The van der Waals surface area contributed by atoms with Crippen LogP contribution in [0.2, 0.25) is 0 Å². The van der Waals surface area contributed by atoms with Crippen LogP contribution in [-0.4, -0.2) is 17.8 Å². The number of nitrogens with zero attached hydrogens (tertiary/aromatic N) is 2. The second-order valence-electron chi connectivity index (χ2n) is 8.45. The van der Waals surface area contributed by atoms with E-state index in [1.54, 1.807) is 18.2 Å². The van der Waals surface area contributed by atoms with E-state index in [-0.39, 0.29) is 17.7 Å². The van der Waals surface area contributed by atoms with Crippen molar-refractivity contribution in [1.29, 1.82) is 0 Å². The lowest BCUT2D eigenvalue weighted by Gasteiger charge is -2.30. The van der Waals surface area contributed by atoms with Crippen molar-refractivity contribution in [2.75, 3.05) is 0 Å². The van der Waals surface area contributed by atoms with Crippen LogP contribution in [0.15, 0.2) is 52.6 Å². The SMILES string of the molecule is CCCC([O-])=NC1CCc2cc(C3=NOC(c4cccc(C(F)(F)F)c4)(C(F)(F)F)C3)ccc21. The van der Waals surface area contributed by atoms with Crippen molar-refractivity contribution >= 4 is 11.6 Å². The Morgan fingerprint density at radius 3 is 2.59 bits per heavy atom. The highest BCUT2D eigenvalue weighted by molar-refractivity contribution is 6.02. The molecular formula is C24H21F6N2O2-. The summed E-state index contributed by atoms with van der Waals surface area (Å²) >= 11 is 0. The fraction of sp³-hybridized carbons (Fsp3) is 0.417. The Labute approximate surface area is 192 Å². The first-order valence-corrected chi connectivity index (χ1v) is 10.8. The molecule has 0 fully saturated rings. The predicted octanol–water partition coefficient (Wildman–Crippen LogP) is 5.83. The van der Waals surface area contributed by atoms with E-state index in [1.165, 1.54) is 0 Å². The second kappa shape index (κ2) is 8.63. The van der Waals surface area contributed by atoms with Gasteiger partial charge in [0.15, 0.2) is 0 Å². The lowest BCUT2D eigenvalue weighted by atomic mass is 9.85. The molecule has 2 atom stereocenters. The van der Waals surface area contributed by atoms with E-state index in [0.29, 0.717) is 43.4 Å². The standard InChI is InChI=1S/C24H22F6N2O2/c1-2-4-21(33)31-19-10-8-14-11-15(7-9-18(14)19)20-13-22(34-32-20,24(28,29)30)16-5-3-6-17(12-16)23(25,26)27/h3,5-7,9,11-12,19H,2,4,8,10,13H2,1H3,(H,31,33)/p-1. The average molecular weight is 483 g/mol. The van der Waals surface area contributed by atoms with Gasteiger partial charge in [0.05, 0.1) is 17.3 Å². The van der Waals surface area contributed by atoms with Crippen LogP contribution in [-0.2, 0) is 23.0 Å². The zero-order chi connectivity index (χ0) is 24.7. The molecule has 0 bridgehead atoms. The molecule has 1 aliphatic carbocycles. The molecule has 2 aliphatic rings. The topological polar surface area (TPSA) is 57.0 Å². The van der Waals surface area contributed by atoms with Gasteiger partial charge in [0.2, 0.25) is 0 Å². The van der Waals surface area contributed by atoms with Gasteiger partial charge < -0.3 is 9.94 Å². The minimum absolute atomic E-state index is 0.0139. The first-order chi connectivity index (χ1) is 15.9. The van der Waals surface area contributed by atoms with Gasteiger partial charge in [0.1, 0.15) is 0 Å². The number of aliphatic imine (C=N–C) groups is 1. The summed E-state index contributed by atoms with van der Waals surface area (Å²) in [7, 11) is 0. The molecule has 0 aromatic heterocycles. The molecule has 1 aliphatic heterocycles. The van der Waals surface area contributed by atoms with Gasteiger partial charge >= 0.3 is 12.4 Å². The van der Waals surface area contributed by atoms with Gasteiger partial charge in [0.25, 0.3) is 5.60 Å². The van der Waals surface area contributed by atoms with E-state index in [2.05, 4.69) is 10.1 Å². The quantitative estimate of drug-likeness (QED) is 0.305. The minimum Gasteiger partial charge on any atom is -0.862 e. The van der Waals surface area contributed by atoms with Gasteiger partial charge in [-0.1, -0.05) is 42.8 Å². The van der Waals surface area contributed by atoms with Gasteiger partial charge in [-0.2, -0.15) is 26.3 Å². The van der Waals surface area contributed by atoms with E-state index < -0.39 is 35.5 Å². The predicted molar refractivity (Wildman–Crippen MR) is 111 cm³/mol. The second-order valence-corrected chi connectivity index (χ2v) is 8.45. The summed E-state index contributed by atoms with van der Waals surface area (Å²) < 4.78 is 81.8. The molecule has 0 saturated heterocycles. The van der Waals surface area contributed by atoms with E-state index >= 15 is 0 Å². The van der Waals surface area contributed by atoms with E-state index in [4.69, 9.17) is 4.84 Å². The van der Waals surface area contributed by atoms with Gasteiger partial charge in [-0.3, -0.25) is 4.99 Å². The third-order valence-electron chi connectivity index (χ3n) is 6.13. The third-order valence-corrected chi connectivity index (χ3v) is 6.13. The van der Waals surface area contributed by atoms with Crippen LogP contribution in [0.3, 0.4) is 0 Å². The normalized spacial score (nSPS) is 23.0. The lowest BCUT2D eigenvalue weighted by molar-refractivity contribution is -0.276. The van der Waals surface area contributed by atoms with Crippen LogP contribution in [0, 0.1) is 0 Å². The van der Waals surface area contributed by atoms with Crippen LogP contribution < -0.4 is 5.11 Å². The molecule has 0 amide bonds. The Morgan fingerprint density at radius 2 is 1.91 bits per heavy atom. The molecule has 10 heteroatoms. The summed E-state index contributed by atoms with van der Waals surface area (Å²) in [5.74, 6) is -0.186. The number of aryl methyl sites for hydroxylation is 1. The molecule has 2 aromatic rings. The van der Waals surface area contributed by atoms with Crippen molar-refractivity contribution in [1.82, 2.24) is 0 Å². The average Bonchev–Trinajstić information content (AvgIpc) is 3.39. The van der Waals surface area contributed by atoms with Crippen molar-refractivity contribution in [3.8, 4) is 0 Å². The molecule has 2 aromatic carbocycles. The molecule has 1 heterocycles. The number of fused-ring (bicyclic) bond motifs is 1. The van der Waals surface area contributed by atoms with Crippen molar-refractivity contribution in [3.05, 3.63) is 70.3 Å². The van der Waals surface area contributed by atoms with Crippen LogP contribution in [0.5, 0.6) is 0 Å². The fourth-order valence-corrected chi connectivity index (χ4v) is 4.37. The molecule has 182 valence electrons. The number of alkyl halides is 6. The highest BCUT2D eigenvalue weighted by Crippen LogP contribution is 2.50. The summed E-state index contributed by atoms with van der Waals surface area (Å²) in [4.78, 5) is 9.10. The fourth-order valence-electron chi connectivity index (χ4n) is 4.37. The van der Waals surface area contributed by atoms with Crippen molar-refractivity contribution in [2.24, 2.45) is 10.1 Å². The Balaban J connectivity index is 1.63. The summed E-state index contributed by atoms with van der Waals surface area (Å²) in [6.45, 7) is 1.88. The monoisotopic (exact) mass is 483 g/mol. The molecule has 4 rings (SSSR count). The van der Waals surface area contributed by atoms with E-state index in [9.17, 15) is 31.4 Å². The third kappa shape index (κ3) is 4.37. The summed E-state index contributed by atoms with van der Waals surface area (Å²) in [6, 6.07) is 7.74. The van der Waals surface area contributed by atoms with Crippen molar-refractivity contribution in [3.63, 3.8) is 0 Å². The summed E-state index contributed by atoms with van der Waals surface area (Å²) in [5, 5.41) is 15.5. The maximum Gasteiger partial charge on any atom is 0.435 e. The van der Waals surface area contributed by atoms with Gasteiger partial charge in [-0.15, -0.1) is 0 Å². The molecule has 4 nitrogen and oxygen atoms in total. The largest absolute Gasteiger partial charge is 0.862 e. The smallest absolute Gasteiger partial charge is 0.435 e. The van der Waals surface area contributed by atoms with Gasteiger partial charge in [-0.25, -0.2) is 0 Å². The van der Waals surface area contributed by atoms with E-state index in [1.807, 2.05) is 6.92 Å². The Morgan fingerprint density at radius 1 is 1.15 bits per heavy atom. The maximum atomic E-state index is 14.2. The Bertz CT molecular complexity index is 1140. The minimum atomic E-state index is -5.01. The van der Waals surface area contributed by atoms with E-state index in [0.717, 1.165) is 23.3 Å². The van der Waals surface area contributed by atoms with Crippen LogP contribution in [0.4, 0.5) is 26.3 Å². The first kappa shape index (κ1) is 24.1. The highest BCUT2D eigenvalue weighted by Gasteiger charge is 2.62. The van der Waals surface area contributed by atoms with Gasteiger partial charge in [0, 0.05) is 12.0 Å². The highest BCUT2D eigenvalue weighted by atomic mass is 19.4.